The molecule has 19 heavy (non-hydrogen) atoms. The fourth-order valence-corrected chi connectivity index (χ4v) is 3.67. The first-order chi connectivity index (χ1) is 9.29. The third-order valence-corrected chi connectivity index (χ3v) is 4.78. The van der Waals surface area contributed by atoms with Crippen LogP contribution in [0, 0.1) is 0 Å². The van der Waals surface area contributed by atoms with E-state index in [2.05, 4.69) is 11.4 Å². The summed E-state index contributed by atoms with van der Waals surface area (Å²) in [6, 6.07) is 8.09. The van der Waals surface area contributed by atoms with Crippen molar-refractivity contribution >= 4 is 23.4 Å². The van der Waals surface area contributed by atoms with Crippen molar-refractivity contribution in [2.45, 2.75) is 48.7 Å². The SMILES string of the molecule is NCCCC(=O)Nc1ccccc1SC1CCCC1. The minimum absolute atomic E-state index is 0.0601. The highest BCUT2D eigenvalue weighted by molar-refractivity contribution is 8.00. The predicted molar refractivity (Wildman–Crippen MR) is 81.5 cm³/mol. The molecule has 2 rings (SSSR count). The molecule has 0 spiro atoms. The van der Waals surface area contributed by atoms with Gasteiger partial charge in [0.05, 0.1) is 5.69 Å². The van der Waals surface area contributed by atoms with Crippen LogP contribution in [0.2, 0.25) is 0 Å². The van der Waals surface area contributed by atoms with Crippen LogP contribution in [0.4, 0.5) is 5.69 Å². The van der Waals surface area contributed by atoms with Gasteiger partial charge in [-0.15, -0.1) is 11.8 Å². The highest BCUT2D eigenvalue weighted by atomic mass is 32.2. The topological polar surface area (TPSA) is 55.1 Å². The van der Waals surface area contributed by atoms with Gasteiger partial charge in [0.15, 0.2) is 0 Å². The summed E-state index contributed by atoms with van der Waals surface area (Å²) in [4.78, 5) is 13.0. The van der Waals surface area contributed by atoms with E-state index in [1.54, 1.807) is 0 Å². The van der Waals surface area contributed by atoms with Gasteiger partial charge in [0, 0.05) is 16.6 Å². The van der Waals surface area contributed by atoms with Crippen molar-refractivity contribution in [1.29, 1.82) is 0 Å². The molecule has 0 bridgehead atoms. The average molecular weight is 278 g/mol. The molecule has 3 nitrogen and oxygen atoms in total. The Hall–Kier alpha value is -1.00. The molecule has 104 valence electrons. The Morgan fingerprint density at radius 3 is 2.79 bits per heavy atom. The van der Waals surface area contributed by atoms with E-state index in [0.29, 0.717) is 18.2 Å². The number of thioether (sulfide) groups is 1. The van der Waals surface area contributed by atoms with Gasteiger partial charge in [0.1, 0.15) is 0 Å². The molecular formula is C15H22N2OS. The van der Waals surface area contributed by atoms with Crippen LogP contribution in [0.25, 0.3) is 0 Å². The highest BCUT2D eigenvalue weighted by Crippen LogP contribution is 2.37. The molecule has 1 aromatic rings. The van der Waals surface area contributed by atoms with Crippen molar-refractivity contribution < 1.29 is 4.79 Å². The van der Waals surface area contributed by atoms with Gasteiger partial charge in [-0.05, 0) is 37.9 Å². The number of amides is 1. The summed E-state index contributed by atoms with van der Waals surface area (Å²) in [6.07, 6.45) is 6.49. The van der Waals surface area contributed by atoms with Crippen LogP contribution >= 0.6 is 11.8 Å². The number of carbonyl (C=O) groups excluding carboxylic acids is 1. The lowest BCUT2D eigenvalue weighted by molar-refractivity contribution is -0.116. The van der Waals surface area contributed by atoms with Gasteiger partial charge < -0.3 is 11.1 Å². The third-order valence-electron chi connectivity index (χ3n) is 3.36. The molecule has 0 heterocycles. The lowest BCUT2D eigenvalue weighted by Gasteiger charge is -2.14. The molecule has 1 saturated carbocycles. The van der Waals surface area contributed by atoms with Gasteiger partial charge in [-0.2, -0.15) is 0 Å². The van der Waals surface area contributed by atoms with E-state index in [1.165, 1.54) is 30.6 Å². The first-order valence-electron chi connectivity index (χ1n) is 7.05. The molecule has 1 fully saturated rings. The molecule has 3 N–H and O–H groups in total. The first kappa shape index (κ1) is 14.4. The molecule has 0 aliphatic heterocycles. The monoisotopic (exact) mass is 278 g/mol. The summed E-state index contributed by atoms with van der Waals surface area (Å²) >= 11 is 1.90. The van der Waals surface area contributed by atoms with Crippen molar-refractivity contribution in [2.75, 3.05) is 11.9 Å². The normalized spacial score (nSPS) is 15.6. The molecule has 0 atom stereocenters. The second-order valence-corrected chi connectivity index (χ2v) is 6.30. The van der Waals surface area contributed by atoms with Crippen LogP contribution in [-0.4, -0.2) is 17.7 Å². The van der Waals surface area contributed by atoms with Crippen LogP contribution in [0.15, 0.2) is 29.2 Å². The van der Waals surface area contributed by atoms with Gasteiger partial charge in [-0.25, -0.2) is 0 Å². The summed E-state index contributed by atoms with van der Waals surface area (Å²) < 4.78 is 0. The van der Waals surface area contributed by atoms with Crippen LogP contribution < -0.4 is 11.1 Å². The Bertz CT molecular complexity index is 416. The molecule has 4 heteroatoms. The van der Waals surface area contributed by atoms with Crippen LogP contribution in [0.1, 0.15) is 38.5 Å². The lowest BCUT2D eigenvalue weighted by atomic mass is 10.2. The minimum Gasteiger partial charge on any atom is -0.330 e. The summed E-state index contributed by atoms with van der Waals surface area (Å²) in [5.74, 6) is 0.0601. The van der Waals surface area contributed by atoms with E-state index in [0.717, 1.165) is 12.1 Å². The number of hydrogen-bond acceptors (Lipinski definition) is 3. The molecule has 0 aromatic heterocycles. The highest BCUT2D eigenvalue weighted by Gasteiger charge is 2.17. The third kappa shape index (κ3) is 4.55. The molecule has 0 unspecified atom stereocenters. The lowest BCUT2D eigenvalue weighted by Crippen LogP contribution is -2.14. The zero-order chi connectivity index (χ0) is 13.5. The molecule has 1 aliphatic rings. The number of hydrogen-bond donors (Lipinski definition) is 2. The van der Waals surface area contributed by atoms with Gasteiger partial charge in [-0.1, -0.05) is 25.0 Å². The van der Waals surface area contributed by atoms with Crippen molar-refractivity contribution in [3.63, 3.8) is 0 Å². The Kier molecular flexibility index (Phi) is 5.73. The number of nitrogens with two attached hydrogens (primary N) is 1. The van der Waals surface area contributed by atoms with Crippen molar-refractivity contribution in [3.05, 3.63) is 24.3 Å². The number of benzene rings is 1. The van der Waals surface area contributed by atoms with E-state index in [1.807, 2.05) is 30.0 Å². The molecule has 0 saturated heterocycles. The van der Waals surface area contributed by atoms with E-state index < -0.39 is 0 Å². The van der Waals surface area contributed by atoms with Crippen LogP contribution in [0.5, 0.6) is 0 Å². The Morgan fingerprint density at radius 1 is 1.32 bits per heavy atom. The minimum atomic E-state index is 0.0601. The van der Waals surface area contributed by atoms with Crippen LogP contribution in [0.3, 0.4) is 0 Å². The van der Waals surface area contributed by atoms with Crippen molar-refractivity contribution in [2.24, 2.45) is 5.73 Å². The van der Waals surface area contributed by atoms with E-state index >= 15 is 0 Å². The summed E-state index contributed by atoms with van der Waals surface area (Å²) in [7, 11) is 0. The number of para-hydroxylation sites is 1. The fraction of sp³-hybridized carbons (Fsp3) is 0.533. The standard InChI is InChI=1S/C15H22N2OS/c16-11-5-10-15(18)17-13-8-3-4-9-14(13)19-12-6-1-2-7-12/h3-4,8-9,12H,1-2,5-7,10-11,16H2,(H,17,18). The Labute approximate surface area is 119 Å². The van der Waals surface area contributed by atoms with Gasteiger partial charge in [0.2, 0.25) is 5.91 Å². The smallest absolute Gasteiger partial charge is 0.224 e. The average Bonchev–Trinajstić information content (AvgIpc) is 2.91. The molecule has 0 radical (unpaired) electrons. The number of carbonyl (C=O) groups is 1. The maximum Gasteiger partial charge on any atom is 0.224 e. The first-order valence-corrected chi connectivity index (χ1v) is 7.93. The van der Waals surface area contributed by atoms with Crippen molar-refractivity contribution in [3.8, 4) is 0 Å². The second kappa shape index (κ2) is 7.56. The second-order valence-electron chi connectivity index (χ2n) is 4.96. The number of nitrogens with one attached hydrogen (secondary N) is 1. The summed E-state index contributed by atoms with van der Waals surface area (Å²) in [5.41, 5.74) is 6.37. The predicted octanol–water partition coefficient (Wildman–Crippen LogP) is 3.40. The molecular weight excluding hydrogens is 256 g/mol. The number of rotatable bonds is 6. The van der Waals surface area contributed by atoms with E-state index in [-0.39, 0.29) is 5.91 Å². The van der Waals surface area contributed by atoms with Crippen molar-refractivity contribution in [1.82, 2.24) is 0 Å². The molecule has 1 aliphatic carbocycles. The van der Waals surface area contributed by atoms with Gasteiger partial charge in [-0.3, -0.25) is 4.79 Å². The van der Waals surface area contributed by atoms with Crippen LogP contribution in [-0.2, 0) is 4.79 Å². The van der Waals surface area contributed by atoms with E-state index in [9.17, 15) is 4.79 Å². The quantitative estimate of drug-likeness (QED) is 0.838. The van der Waals surface area contributed by atoms with Gasteiger partial charge in [0.25, 0.3) is 0 Å². The number of anilines is 1. The summed E-state index contributed by atoms with van der Waals surface area (Å²) in [6.45, 7) is 0.561. The maximum atomic E-state index is 11.8. The Morgan fingerprint density at radius 2 is 2.05 bits per heavy atom. The van der Waals surface area contributed by atoms with Gasteiger partial charge >= 0.3 is 0 Å². The molecule has 1 aromatic carbocycles. The molecule has 1 amide bonds. The Balaban J connectivity index is 1.97. The largest absolute Gasteiger partial charge is 0.330 e. The maximum absolute atomic E-state index is 11.8. The fourth-order valence-electron chi connectivity index (χ4n) is 2.33. The zero-order valence-corrected chi connectivity index (χ0v) is 12.0. The van der Waals surface area contributed by atoms with E-state index in [4.69, 9.17) is 5.73 Å². The summed E-state index contributed by atoms with van der Waals surface area (Å²) in [5, 5.41) is 3.71. The zero-order valence-electron chi connectivity index (χ0n) is 11.2.